The van der Waals surface area contributed by atoms with Crippen molar-refractivity contribution in [2.45, 2.75) is 11.8 Å². The van der Waals surface area contributed by atoms with Crippen molar-refractivity contribution in [1.82, 2.24) is 0 Å². The van der Waals surface area contributed by atoms with Crippen molar-refractivity contribution >= 4 is 32.5 Å². The number of carboxylic acids is 1. The van der Waals surface area contributed by atoms with E-state index in [4.69, 9.17) is 0 Å². The van der Waals surface area contributed by atoms with Gasteiger partial charge in [0.25, 0.3) is 10.0 Å². The lowest BCUT2D eigenvalue weighted by atomic mass is 10.1. The summed E-state index contributed by atoms with van der Waals surface area (Å²) >= 11 is 0. The zero-order valence-corrected chi connectivity index (χ0v) is 14.0. The highest BCUT2D eigenvalue weighted by Crippen LogP contribution is 2.27. The van der Waals surface area contributed by atoms with Crippen LogP contribution in [0.5, 0.6) is 0 Å². The van der Waals surface area contributed by atoms with Gasteiger partial charge >= 0.3 is 5.97 Å². The molecule has 25 heavy (non-hydrogen) atoms. The molecule has 0 spiro atoms. The minimum atomic E-state index is -4.15. The van der Waals surface area contributed by atoms with Crippen LogP contribution >= 0.6 is 0 Å². The lowest BCUT2D eigenvalue weighted by molar-refractivity contribution is 0.0697. The van der Waals surface area contributed by atoms with E-state index < -0.39 is 33.1 Å². The fourth-order valence-corrected chi connectivity index (χ4v) is 3.70. The number of halogens is 1. The molecule has 0 aliphatic heterocycles. The fourth-order valence-electron chi connectivity index (χ4n) is 2.58. The molecule has 128 valence electrons. The van der Waals surface area contributed by atoms with Crippen LogP contribution in [0.15, 0.2) is 59.5 Å². The summed E-state index contributed by atoms with van der Waals surface area (Å²) in [5, 5.41) is 10.8. The number of hydrogen-bond acceptors (Lipinski definition) is 3. The van der Waals surface area contributed by atoms with Crippen molar-refractivity contribution in [1.29, 1.82) is 0 Å². The zero-order chi connectivity index (χ0) is 18.2. The monoisotopic (exact) mass is 359 g/mol. The molecule has 0 aliphatic carbocycles. The first-order valence-corrected chi connectivity index (χ1v) is 8.82. The molecule has 3 aromatic rings. The summed E-state index contributed by atoms with van der Waals surface area (Å²) in [6.45, 7) is 1.47. The molecular weight excluding hydrogens is 345 g/mol. The summed E-state index contributed by atoms with van der Waals surface area (Å²) in [5.74, 6) is -2.36. The van der Waals surface area contributed by atoms with Crippen LogP contribution in [0.1, 0.15) is 15.9 Å². The number of hydrogen-bond donors (Lipinski definition) is 2. The molecular formula is C18H14FNO4S. The first kappa shape index (κ1) is 16.9. The Bertz CT molecular complexity index is 1090. The number of rotatable bonds is 4. The van der Waals surface area contributed by atoms with Gasteiger partial charge in [0.15, 0.2) is 0 Å². The number of carbonyl (C=O) groups is 1. The second-order valence-electron chi connectivity index (χ2n) is 5.53. The van der Waals surface area contributed by atoms with Gasteiger partial charge in [-0.15, -0.1) is 0 Å². The molecule has 5 nitrogen and oxygen atoms in total. The quantitative estimate of drug-likeness (QED) is 0.742. The van der Waals surface area contributed by atoms with Crippen LogP contribution in [0, 0.1) is 12.7 Å². The summed E-state index contributed by atoms with van der Waals surface area (Å²) in [6.07, 6.45) is 0. The Morgan fingerprint density at radius 3 is 2.40 bits per heavy atom. The maximum absolute atomic E-state index is 14.1. The normalized spacial score (nSPS) is 11.4. The molecule has 3 aromatic carbocycles. The minimum absolute atomic E-state index is 0.0801. The van der Waals surface area contributed by atoms with Crippen molar-refractivity contribution in [3.63, 3.8) is 0 Å². The number of benzene rings is 3. The van der Waals surface area contributed by atoms with Gasteiger partial charge < -0.3 is 5.11 Å². The smallest absolute Gasteiger partial charge is 0.338 e. The van der Waals surface area contributed by atoms with E-state index in [1.54, 1.807) is 18.2 Å². The van der Waals surface area contributed by atoms with E-state index in [2.05, 4.69) is 4.72 Å². The van der Waals surface area contributed by atoms with Gasteiger partial charge in [-0.05, 0) is 41.5 Å². The summed E-state index contributed by atoms with van der Waals surface area (Å²) in [7, 11) is -4.15. The number of sulfonamides is 1. The van der Waals surface area contributed by atoms with Crippen LogP contribution in [-0.2, 0) is 10.0 Å². The molecule has 0 aliphatic rings. The lowest BCUT2D eigenvalue weighted by Gasteiger charge is -2.13. The van der Waals surface area contributed by atoms with Gasteiger partial charge in [-0.25, -0.2) is 17.6 Å². The Morgan fingerprint density at radius 2 is 1.72 bits per heavy atom. The molecule has 0 fully saturated rings. The maximum Gasteiger partial charge on any atom is 0.338 e. The molecule has 0 saturated heterocycles. The number of carboxylic acid groups (broad SMARTS) is 1. The van der Waals surface area contributed by atoms with Gasteiger partial charge in [0.2, 0.25) is 0 Å². The third-order valence-electron chi connectivity index (χ3n) is 3.84. The second-order valence-corrected chi connectivity index (χ2v) is 7.22. The Hall–Kier alpha value is -2.93. The van der Waals surface area contributed by atoms with Crippen molar-refractivity contribution in [2.24, 2.45) is 0 Å². The summed E-state index contributed by atoms with van der Waals surface area (Å²) in [5.41, 5.74) is -0.727. The maximum atomic E-state index is 14.1. The van der Waals surface area contributed by atoms with Crippen LogP contribution in [0.25, 0.3) is 10.8 Å². The summed E-state index contributed by atoms with van der Waals surface area (Å²) < 4.78 is 41.4. The zero-order valence-electron chi connectivity index (χ0n) is 13.2. The van der Waals surface area contributed by atoms with E-state index in [9.17, 15) is 22.7 Å². The van der Waals surface area contributed by atoms with Crippen molar-refractivity contribution < 1.29 is 22.7 Å². The number of anilines is 1. The number of nitrogens with one attached hydrogen (secondary N) is 1. The number of aryl methyl sites for hydroxylation is 1. The molecule has 7 heteroatoms. The van der Waals surface area contributed by atoms with E-state index in [0.717, 1.165) is 11.5 Å². The van der Waals surface area contributed by atoms with E-state index in [1.165, 1.54) is 25.1 Å². The van der Waals surface area contributed by atoms with Crippen LogP contribution in [0.3, 0.4) is 0 Å². The van der Waals surface area contributed by atoms with E-state index >= 15 is 0 Å². The fraction of sp³-hybridized carbons (Fsp3) is 0.0556. The van der Waals surface area contributed by atoms with Crippen molar-refractivity contribution in [3.8, 4) is 0 Å². The third-order valence-corrected chi connectivity index (χ3v) is 5.19. The van der Waals surface area contributed by atoms with Gasteiger partial charge in [-0.3, -0.25) is 4.72 Å². The summed E-state index contributed by atoms with van der Waals surface area (Å²) in [4.78, 5) is 11.3. The highest BCUT2D eigenvalue weighted by atomic mass is 32.2. The molecule has 0 radical (unpaired) electrons. The Morgan fingerprint density at radius 1 is 1.04 bits per heavy atom. The third kappa shape index (κ3) is 3.18. The molecule has 0 saturated carbocycles. The van der Waals surface area contributed by atoms with Crippen LogP contribution < -0.4 is 4.72 Å². The lowest BCUT2D eigenvalue weighted by Crippen LogP contribution is -2.17. The Balaban J connectivity index is 2.10. The van der Waals surface area contributed by atoms with Gasteiger partial charge in [0.1, 0.15) is 5.82 Å². The highest BCUT2D eigenvalue weighted by Gasteiger charge is 2.23. The molecule has 0 bridgehead atoms. The molecule has 0 heterocycles. The molecule has 2 N–H and O–H groups in total. The van der Waals surface area contributed by atoms with Gasteiger partial charge in [0.05, 0.1) is 16.1 Å². The summed E-state index contributed by atoms with van der Waals surface area (Å²) in [6, 6.07) is 14.0. The predicted molar refractivity (Wildman–Crippen MR) is 92.9 cm³/mol. The largest absolute Gasteiger partial charge is 0.478 e. The first-order valence-electron chi connectivity index (χ1n) is 7.33. The number of fused-ring (bicyclic) bond motifs is 1. The first-order chi connectivity index (χ1) is 11.8. The van der Waals surface area contributed by atoms with Crippen LogP contribution in [-0.4, -0.2) is 19.5 Å². The highest BCUT2D eigenvalue weighted by molar-refractivity contribution is 7.92. The molecule has 0 aromatic heterocycles. The SMILES string of the molecule is Cc1ccc(F)c(NS(=O)(=O)c2ccc3ccccc3c2)c1C(=O)O. The van der Waals surface area contributed by atoms with E-state index in [0.29, 0.717) is 5.39 Å². The topological polar surface area (TPSA) is 83.5 Å². The standard InChI is InChI=1S/C18H14FNO4S/c1-11-6-9-15(19)17(16(11)18(21)22)20-25(23,24)14-8-7-12-4-2-3-5-13(12)10-14/h2-10,20H,1H3,(H,21,22). The van der Waals surface area contributed by atoms with Gasteiger partial charge in [-0.1, -0.05) is 36.4 Å². The van der Waals surface area contributed by atoms with Crippen molar-refractivity contribution in [3.05, 3.63) is 71.5 Å². The molecule has 0 atom stereocenters. The molecule has 3 rings (SSSR count). The van der Waals surface area contributed by atoms with E-state index in [-0.39, 0.29) is 10.5 Å². The van der Waals surface area contributed by atoms with Gasteiger partial charge in [0, 0.05) is 0 Å². The number of aromatic carboxylic acids is 1. The average molecular weight is 359 g/mol. The Kier molecular flexibility index (Phi) is 4.18. The van der Waals surface area contributed by atoms with E-state index in [1.807, 2.05) is 12.1 Å². The van der Waals surface area contributed by atoms with Crippen molar-refractivity contribution in [2.75, 3.05) is 4.72 Å². The van der Waals surface area contributed by atoms with Crippen LogP contribution in [0.4, 0.5) is 10.1 Å². The predicted octanol–water partition coefficient (Wildman–Crippen LogP) is 3.79. The molecule has 0 amide bonds. The van der Waals surface area contributed by atoms with Crippen LogP contribution in [0.2, 0.25) is 0 Å². The Labute approximate surface area is 143 Å². The second kappa shape index (κ2) is 6.18. The van der Waals surface area contributed by atoms with Gasteiger partial charge in [-0.2, -0.15) is 0 Å². The molecule has 0 unspecified atom stereocenters. The minimum Gasteiger partial charge on any atom is -0.478 e. The average Bonchev–Trinajstić information content (AvgIpc) is 2.57.